The number of anilines is 1. The van der Waals surface area contributed by atoms with Crippen LogP contribution in [0.2, 0.25) is 5.02 Å². The molecule has 0 bridgehead atoms. The number of hydrogen-bond acceptors (Lipinski definition) is 8. The van der Waals surface area contributed by atoms with Crippen LogP contribution in [0.1, 0.15) is 15.9 Å². The maximum Gasteiger partial charge on any atom is 0.297 e. The molecule has 5 aromatic rings. The fraction of sp³-hybridized carbons (Fsp3) is 0.161. The molecular formula is C31H27ClN4O5S. The second kappa shape index (κ2) is 11.8. The minimum Gasteiger partial charge on any atom is -0.439 e. The van der Waals surface area contributed by atoms with E-state index in [1.54, 1.807) is 12.1 Å². The molecule has 2 aromatic heterocycles. The number of halogens is 1. The smallest absolute Gasteiger partial charge is 0.297 e. The first-order valence-corrected chi connectivity index (χ1v) is 15.2. The zero-order chi connectivity index (χ0) is 29.1. The van der Waals surface area contributed by atoms with E-state index in [9.17, 15) is 13.2 Å². The van der Waals surface area contributed by atoms with E-state index in [2.05, 4.69) is 43.9 Å². The van der Waals surface area contributed by atoms with Gasteiger partial charge >= 0.3 is 0 Å². The Morgan fingerprint density at radius 3 is 2.31 bits per heavy atom. The molecule has 9 nitrogen and oxygen atoms in total. The Morgan fingerprint density at radius 2 is 1.60 bits per heavy atom. The molecule has 1 N–H and O–H groups in total. The van der Waals surface area contributed by atoms with Crippen molar-refractivity contribution in [1.29, 1.82) is 0 Å². The molecule has 1 aliphatic rings. The maximum absolute atomic E-state index is 12.7. The largest absolute Gasteiger partial charge is 0.439 e. The lowest BCUT2D eigenvalue weighted by molar-refractivity contribution is 0.0980. The van der Waals surface area contributed by atoms with E-state index in [1.807, 2.05) is 36.4 Å². The standard InChI is InChI=1S/C31H27ClN4O5S/c32-25-9-5-22(6-10-25)27-4-2-1-3-24(27)21-35-17-19-36(20-18-35)26-11-7-23(8-12-26)31(37)34-42(38,39)30-14-13-28(40-30)29-15-16-33-41-29/h1-16H,17-21H2,(H,34,37). The van der Waals surface area contributed by atoms with Crippen molar-refractivity contribution in [3.05, 3.63) is 113 Å². The molecule has 1 aliphatic heterocycles. The molecule has 0 saturated carbocycles. The highest BCUT2D eigenvalue weighted by molar-refractivity contribution is 7.90. The van der Waals surface area contributed by atoms with E-state index in [-0.39, 0.29) is 17.1 Å². The number of aromatic nitrogens is 1. The van der Waals surface area contributed by atoms with Crippen molar-refractivity contribution < 1.29 is 22.2 Å². The Hall–Kier alpha value is -4.38. The summed E-state index contributed by atoms with van der Waals surface area (Å²) in [6, 6.07) is 27.5. The van der Waals surface area contributed by atoms with Crippen molar-refractivity contribution in [1.82, 2.24) is 14.8 Å². The van der Waals surface area contributed by atoms with Gasteiger partial charge in [-0.2, -0.15) is 8.42 Å². The Balaban J connectivity index is 1.05. The van der Waals surface area contributed by atoms with Crippen LogP contribution in [0.4, 0.5) is 5.69 Å². The fourth-order valence-electron chi connectivity index (χ4n) is 4.97. The lowest BCUT2D eigenvalue weighted by atomic mass is 9.99. The Kier molecular flexibility index (Phi) is 7.84. The van der Waals surface area contributed by atoms with Crippen molar-refractivity contribution >= 4 is 33.2 Å². The highest BCUT2D eigenvalue weighted by atomic mass is 35.5. The number of piperazine rings is 1. The highest BCUT2D eigenvalue weighted by Crippen LogP contribution is 2.27. The molecule has 6 rings (SSSR count). The minimum absolute atomic E-state index is 0.190. The first-order valence-electron chi connectivity index (χ1n) is 13.3. The summed E-state index contributed by atoms with van der Waals surface area (Å²) in [5, 5.41) is 3.90. The van der Waals surface area contributed by atoms with Gasteiger partial charge in [0.2, 0.25) is 10.9 Å². The number of nitrogens with one attached hydrogen (secondary N) is 1. The summed E-state index contributed by atoms with van der Waals surface area (Å²) in [7, 11) is -4.21. The van der Waals surface area contributed by atoms with Crippen LogP contribution < -0.4 is 9.62 Å². The lowest BCUT2D eigenvalue weighted by Gasteiger charge is -2.36. The van der Waals surface area contributed by atoms with E-state index in [4.69, 9.17) is 20.5 Å². The maximum atomic E-state index is 12.7. The lowest BCUT2D eigenvalue weighted by Crippen LogP contribution is -2.46. The van der Waals surface area contributed by atoms with Gasteiger partial charge in [-0.15, -0.1) is 0 Å². The quantitative estimate of drug-likeness (QED) is 0.241. The van der Waals surface area contributed by atoms with Crippen LogP contribution in [0, 0.1) is 0 Å². The number of sulfonamides is 1. The second-order valence-corrected chi connectivity index (χ2v) is 12.0. The number of amides is 1. The van der Waals surface area contributed by atoms with Gasteiger partial charge in [-0.1, -0.05) is 53.2 Å². The van der Waals surface area contributed by atoms with Crippen molar-refractivity contribution in [2.45, 2.75) is 11.6 Å². The zero-order valence-electron chi connectivity index (χ0n) is 22.4. The average molecular weight is 603 g/mol. The molecular weight excluding hydrogens is 576 g/mol. The zero-order valence-corrected chi connectivity index (χ0v) is 24.0. The molecule has 0 radical (unpaired) electrons. The van der Waals surface area contributed by atoms with Gasteiger partial charge in [0.05, 0.1) is 6.20 Å². The van der Waals surface area contributed by atoms with E-state index in [1.165, 1.54) is 35.5 Å². The molecule has 1 amide bonds. The molecule has 42 heavy (non-hydrogen) atoms. The summed E-state index contributed by atoms with van der Waals surface area (Å²) in [6.07, 6.45) is 1.42. The fourth-order valence-corrected chi connectivity index (χ4v) is 6.00. The predicted molar refractivity (Wildman–Crippen MR) is 160 cm³/mol. The van der Waals surface area contributed by atoms with Gasteiger partial charge in [-0.05, 0) is 65.2 Å². The van der Waals surface area contributed by atoms with E-state index < -0.39 is 21.0 Å². The molecule has 3 heterocycles. The highest BCUT2D eigenvalue weighted by Gasteiger charge is 2.24. The molecule has 0 spiro atoms. The van der Waals surface area contributed by atoms with Crippen molar-refractivity contribution in [3.63, 3.8) is 0 Å². The summed E-state index contributed by atoms with van der Waals surface area (Å²) in [6.45, 7) is 4.27. The van der Waals surface area contributed by atoms with Gasteiger partial charge in [0.25, 0.3) is 15.9 Å². The molecule has 0 atom stereocenters. The minimum atomic E-state index is -4.21. The molecule has 0 aliphatic carbocycles. The number of nitrogens with zero attached hydrogens (tertiary/aromatic N) is 3. The number of benzene rings is 3. The average Bonchev–Trinajstić information content (AvgIpc) is 3.72. The topological polar surface area (TPSA) is 109 Å². The van der Waals surface area contributed by atoms with Crippen LogP contribution in [0.5, 0.6) is 0 Å². The molecule has 3 aromatic carbocycles. The summed E-state index contributed by atoms with van der Waals surface area (Å²) in [5.74, 6) is -0.277. The summed E-state index contributed by atoms with van der Waals surface area (Å²) in [4.78, 5) is 17.4. The normalized spacial score (nSPS) is 14.2. The van der Waals surface area contributed by atoms with Crippen molar-refractivity contribution in [2.24, 2.45) is 0 Å². The van der Waals surface area contributed by atoms with Crippen LogP contribution >= 0.6 is 11.6 Å². The van der Waals surface area contributed by atoms with Crippen LogP contribution in [0.3, 0.4) is 0 Å². The van der Waals surface area contributed by atoms with Crippen LogP contribution in [0.15, 0.2) is 111 Å². The number of carbonyl (C=O) groups is 1. The third-order valence-electron chi connectivity index (χ3n) is 7.19. The van der Waals surface area contributed by atoms with Crippen molar-refractivity contribution in [3.8, 4) is 22.6 Å². The second-order valence-electron chi connectivity index (χ2n) is 9.90. The Bertz CT molecular complexity index is 1780. The Labute approximate surface area is 248 Å². The van der Waals surface area contributed by atoms with E-state index in [0.717, 1.165) is 49.0 Å². The van der Waals surface area contributed by atoms with Gasteiger partial charge in [0, 0.05) is 55.1 Å². The Morgan fingerprint density at radius 1 is 0.857 bits per heavy atom. The SMILES string of the molecule is O=C(NS(=O)(=O)c1ccc(-c2ccno2)o1)c1ccc(N2CCN(Cc3ccccc3-c3ccc(Cl)cc3)CC2)cc1. The van der Waals surface area contributed by atoms with Gasteiger partial charge < -0.3 is 13.8 Å². The number of furan rings is 1. The van der Waals surface area contributed by atoms with Gasteiger partial charge in [0.1, 0.15) is 0 Å². The van der Waals surface area contributed by atoms with Crippen LogP contribution in [0.25, 0.3) is 22.6 Å². The molecule has 1 fully saturated rings. The van der Waals surface area contributed by atoms with Gasteiger partial charge in [-0.25, -0.2) is 4.72 Å². The van der Waals surface area contributed by atoms with Gasteiger partial charge in [-0.3, -0.25) is 9.69 Å². The first-order chi connectivity index (χ1) is 20.4. The third kappa shape index (κ3) is 6.11. The van der Waals surface area contributed by atoms with Gasteiger partial charge in [0.15, 0.2) is 5.76 Å². The van der Waals surface area contributed by atoms with Crippen molar-refractivity contribution in [2.75, 3.05) is 31.1 Å². The van der Waals surface area contributed by atoms with E-state index >= 15 is 0 Å². The summed E-state index contributed by atoms with van der Waals surface area (Å²) < 4.78 is 37.8. The first kappa shape index (κ1) is 27.8. The van der Waals surface area contributed by atoms with Crippen LogP contribution in [-0.2, 0) is 16.6 Å². The summed E-state index contributed by atoms with van der Waals surface area (Å²) in [5.41, 5.74) is 4.81. The molecule has 0 unspecified atom stereocenters. The van der Waals surface area contributed by atoms with Crippen LogP contribution in [-0.4, -0.2) is 50.6 Å². The monoisotopic (exact) mass is 602 g/mol. The van der Waals surface area contributed by atoms with E-state index in [0.29, 0.717) is 0 Å². The molecule has 11 heteroatoms. The predicted octanol–water partition coefficient (Wildman–Crippen LogP) is 5.70. The number of carbonyl (C=O) groups excluding carboxylic acids is 1. The third-order valence-corrected chi connectivity index (χ3v) is 8.64. The number of hydrogen-bond donors (Lipinski definition) is 1. The molecule has 1 saturated heterocycles. The summed E-state index contributed by atoms with van der Waals surface area (Å²) >= 11 is 6.08. The molecule has 214 valence electrons. The number of rotatable bonds is 8.